The highest BCUT2D eigenvalue weighted by Gasteiger charge is 2.25. The monoisotopic (exact) mass is 523 g/mol. The molecule has 1 fully saturated rings. The summed E-state index contributed by atoms with van der Waals surface area (Å²) in [6.45, 7) is 2.62. The zero-order chi connectivity index (χ0) is 19.5. The number of aliphatic carboxylic acids is 1. The van der Waals surface area contributed by atoms with E-state index in [0.717, 1.165) is 45.2 Å². The molecule has 0 radical (unpaired) electrons. The molecule has 1 saturated heterocycles. The van der Waals surface area contributed by atoms with Crippen molar-refractivity contribution in [1.29, 1.82) is 0 Å². The molecular formula is C24H27ClINO2. The lowest BCUT2D eigenvalue weighted by Gasteiger charge is -2.30. The van der Waals surface area contributed by atoms with Crippen molar-refractivity contribution in [3.8, 4) is 0 Å². The van der Waals surface area contributed by atoms with Gasteiger partial charge in [-0.15, -0.1) is 12.4 Å². The Bertz CT molecular complexity index is 912. The average Bonchev–Trinajstić information content (AvgIpc) is 2.85. The lowest BCUT2D eigenvalue weighted by atomic mass is 9.93. The van der Waals surface area contributed by atoms with E-state index in [0.29, 0.717) is 6.54 Å². The molecule has 1 aliphatic heterocycles. The van der Waals surface area contributed by atoms with Gasteiger partial charge in [0.05, 0.1) is 5.92 Å². The molecule has 5 heteroatoms. The van der Waals surface area contributed by atoms with Crippen LogP contribution in [0.5, 0.6) is 0 Å². The molecule has 2 aromatic carbocycles. The summed E-state index contributed by atoms with van der Waals surface area (Å²) >= 11 is 2.40. The number of fused-ring (bicyclic) bond motifs is 2. The van der Waals surface area contributed by atoms with Gasteiger partial charge in [-0.1, -0.05) is 36.4 Å². The van der Waals surface area contributed by atoms with Crippen LogP contribution in [0, 0.1) is 9.49 Å². The number of rotatable bonds is 4. The van der Waals surface area contributed by atoms with Crippen LogP contribution in [0.4, 0.5) is 0 Å². The molecular weight excluding hydrogens is 497 g/mol. The van der Waals surface area contributed by atoms with E-state index in [2.05, 4.69) is 76.0 Å². The molecule has 1 aliphatic carbocycles. The van der Waals surface area contributed by atoms with Gasteiger partial charge >= 0.3 is 5.97 Å². The molecule has 1 atom stereocenters. The van der Waals surface area contributed by atoms with Crippen molar-refractivity contribution in [2.75, 3.05) is 19.6 Å². The SMILES string of the molecule is Cl.O=C(O)[C@@H]1CCCN(CCC=C2c3ccccc3CCc3cc(I)ccc32)C1. The second-order valence-corrected chi connectivity index (χ2v) is 9.09. The lowest BCUT2D eigenvalue weighted by molar-refractivity contribution is -0.143. The van der Waals surface area contributed by atoms with E-state index in [-0.39, 0.29) is 18.3 Å². The number of hydrogen-bond donors (Lipinski definition) is 1. The number of carbonyl (C=O) groups is 1. The van der Waals surface area contributed by atoms with Crippen molar-refractivity contribution in [3.63, 3.8) is 0 Å². The summed E-state index contributed by atoms with van der Waals surface area (Å²) in [5.74, 6) is -0.855. The summed E-state index contributed by atoms with van der Waals surface area (Å²) in [5, 5.41) is 9.32. The molecule has 3 nitrogen and oxygen atoms in total. The highest BCUT2D eigenvalue weighted by atomic mass is 127. The van der Waals surface area contributed by atoms with E-state index in [1.807, 2.05) is 0 Å². The first kappa shape index (κ1) is 22.3. The third-order valence-corrected chi connectivity index (χ3v) is 6.65. The zero-order valence-electron chi connectivity index (χ0n) is 16.4. The molecule has 0 spiro atoms. The smallest absolute Gasteiger partial charge is 0.307 e. The Labute approximate surface area is 192 Å². The van der Waals surface area contributed by atoms with E-state index in [1.54, 1.807) is 0 Å². The number of benzene rings is 2. The van der Waals surface area contributed by atoms with E-state index in [1.165, 1.54) is 31.4 Å². The lowest BCUT2D eigenvalue weighted by Crippen LogP contribution is -2.39. The van der Waals surface area contributed by atoms with E-state index in [4.69, 9.17) is 0 Å². The number of carboxylic acids is 1. The van der Waals surface area contributed by atoms with Crippen LogP contribution in [0.15, 0.2) is 48.5 Å². The summed E-state index contributed by atoms with van der Waals surface area (Å²) in [6, 6.07) is 15.5. The van der Waals surface area contributed by atoms with Crippen molar-refractivity contribution in [3.05, 3.63) is 74.4 Å². The van der Waals surface area contributed by atoms with Gasteiger partial charge in [0, 0.05) is 16.7 Å². The largest absolute Gasteiger partial charge is 0.481 e. The summed E-state index contributed by atoms with van der Waals surface area (Å²) < 4.78 is 1.29. The number of aryl methyl sites for hydroxylation is 2. The van der Waals surface area contributed by atoms with E-state index in [9.17, 15) is 9.90 Å². The molecule has 1 N–H and O–H groups in total. The summed E-state index contributed by atoms with van der Waals surface area (Å²) in [4.78, 5) is 13.6. The predicted octanol–water partition coefficient (Wildman–Crippen LogP) is 5.43. The maximum absolute atomic E-state index is 11.3. The first-order valence-corrected chi connectivity index (χ1v) is 11.2. The van der Waals surface area contributed by atoms with Gasteiger partial charge in [0.2, 0.25) is 0 Å². The molecule has 0 unspecified atom stereocenters. The van der Waals surface area contributed by atoms with Crippen molar-refractivity contribution >= 4 is 46.5 Å². The number of carboxylic acid groups (broad SMARTS) is 1. The van der Waals surface area contributed by atoms with E-state index >= 15 is 0 Å². The second kappa shape index (κ2) is 10.1. The third-order valence-electron chi connectivity index (χ3n) is 5.98. The first-order valence-electron chi connectivity index (χ1n) is 10.1. The van der Waals surface area contributed by atoms with Crippen LogP contribution in [0.3, 0.4) is 0 Å². The topological polar surface area (TPSA) is 40.5 Å². The Hall–Kier alpha value is -1.37. The number of nitrogens with zero attached hydrogens (tertiary/aromatic N) is 1. The summed E-state index contributed by atoms with van der Waals surface area (Å²) in [5.41, 5.74) is 6.89. The molecule has 0 saturated carbocycles. The number of halogens is 2. The Morgan fingerprint density at radius 2 is 1.90 bits per heavy atom. The molecule has 29 heavy (non-hydrogen) atoms. The Morgan fingerprint density at radius 3 is 2.72 bits per heavy atom. The minimum atomic E-state index is -0.649. The quantitative estimate of drug-likeness (QED) is 0.543. The highest BCUT2D eigenvalue weighted by Crippen LogP contribution is 2.34. The van der Waals surface area contributed by atoms with Crippen LogP contribution in [-0.2, 0) is 17.6 Å². The molecule has 1 heterocycles. The minimum absolute atomic E-state index is 0. The average molecular weight is 524 g/mol. The minimum Gasteiger partial charge on any atom is -0.481 e. The molecule has 2 aliphatic rings. The normalized spacial score (nSPS) is 20.3. The van der Waals surface area contributed by atoms with Crippen molar-refractivity contribution in [1.82, 2.24) is 4.90 Å². The van der Waals surface area contributed by atoms with Crippen LogP contribution < -0.4 is 0 Å². The summed E-state index contributed by atoms with van der Waals surface area (Å²) in [7, 11) is 0. The molecule has 154 valence electrons. The Kier molecular flexibility index (Phi) is 7.77. The van der Waals surface area contributed by atoms with Gasteiger partial charge in [-0.05, 0) is 101 Å². The Morgan fingerprint density at radius 1 is 1.14 bits per heavy atom. The highest BCUT2D eigenvalue weighted by molar-refractivity contribution is 14.1. The number of piperidine rings is 1. The molecule has 0 bridgehead atoms. The maximum atomic E-state index is 11.3. The van der Waals surface area contributed by atoms with Gasteiger partial charge in [0.1, 0.15) is 0 Å². The van der Waals surface area contributed by atoms with Crippen molar-refractivity contribution in [2.24, 2.45) is 5.92 Å². The van der Waals surface area contributed by atoms with Crippen LogP contribution >= 0.6 is 35.0 Å². The summed E-state index contributed by atoms with van der Waals surface area (Å²) in [6.07, 6.45) is 7.27. The van der Waals surface area contributed by atoms with E-state index < -0.39 is 5.97 Å². The molecule has 2 aromatic rings. The second-order valence-electron chi connectivity index (χ2n) is 7.84. The van der Waals surface area contributed by atoms with Crippen molar-refractivity contribution < 1.29 is 9.90 Å². The molecule has 0 aromatic heterocycles. The van der Waals surface area contributed by atoms with Crippen LogP contribution in [0.25, 0.3) is 5.57 Å². The van der Waals surface area contributed by atoms with Gasteiger partial charge in [0.15, 0.2) is 0 Å². The van der Waals surface area contributed by atoms with Crippen molar-refractivity contribution in [2.45, 2.75) is 32.1 Å². The van der Waals surface area contributed by atoms with Crippen LogP contribution in [0.2, 0.25) is 0 Å². The maximum Gasteiger partial charge on any atom is 0.307 e. The number of likely N-dealkylation sites (tertiary alicyclic amines) is 1. The fraction of sp³-hybridized carbons (Fsp3) is 0.375. The van der Waals surface area contributed by atoms with Gasteiger partial charge in [0.25, 0.3) is 0 Å². The Balaban J connectivity index is 0.00000240. The fourth-order valence-corrected chi connectivity index (χ4v) is 5.07. The van der Waals surface area contributed by atoms with Gasteiger partial charge in [-0.2, -0.15) is 0 Å². The van der Waals surface area contributed by atoms with Crippen LogP contribution in [0.1, 0.15) is 41.5 Å². The fourth-order valence-electron chi connectivity index (χ4n) is 4.52. The third kappa shape index (κ3) is 5.22. The first-order chi connectivity index (χ1) is 13.6. The van der Waals surface area contributed by atoms with Crippen LogP contribution in [-0.4, -0.2) is 35.6 Å². The molecule has 0 amide bonds. The predicted molar refractivity (Wildman–Crippen MR) is 129 cm³/mol. The zero-order valence-corrected chi connectivity index (χ0v) is 19.4. The molecule has 4 rings (SSSR count). The standard InChI is InChI=1S/C24H26INO2.ClH/c25-20-11-12-22-18(15-20)10-9-17-5-1-2-7-21(17)23(22)8-4-14-26-13-3-6-19(16-26)24(27)28;/h1-2,5,7-8,11-12,15,19H,3-4,6,9-10,13-14,16H2,(H,27,28);1H/t19-;/m1./s1. The van der Waals surface area contributed by atoms with Gasteiger partial charge in [-0.25, -0.2) is 0 Å². The number of hydrogen-bond acceptors (Lipinski definition) is 2. The van der Waals surface area contributed by atoms with Gasteiger partial charge in [-0.3, -0.25) is 4.79 Å². The van der Waals surface area contributed by atoms with Gasteiger partial charge < -0.3 is 10.0 Å².